The Bertz CT molecular complexity index is 1020. The second-order valence-electron chi connectivity index (χ2n) is 7.97. The van der Waals surface area contributed by atoms with Crippen LogP contribution in [0.15, 0.2) is 18.2 Å². The van der Waals surface area contributed by atoms with E-state index >= 15 is 0 Å². The summed E-state index contributed by atoms with van der Waals surface area (Å²) in [7, 11) is 4.40. The molecule has 0 radical (unpaired) electrons. The van der Waals surface area contributed by atoms with Gasteiger partial charge in [0.05, 0.1) is 27.9 Å². The van der Waals surface area contributed by atoms with Gasteiger partial charge in [-0.1, -0.05) is 0 Å². The van der Waals surface area contributed by atoms with Crippen LogP contribution < -0.4 is 18.9 Å². The number of phenolic OH excluding ortho intramolecular Hbond substituents is 1. The molecule has 10 nitrogen and oxygen atoms in total. The van der Waals surface area contributed by atoms with Crippen molar-refractivity contribution in [3.05, 3.63) is 29.3 Å². The van der Waals surface area contributed by atoms with E-state index in [1.807, 2.05) is 0 Å². The first kappa shape index (κ1) is 23.4. The molecule has 0 bridgehead atoms. The van der Waals surface area contributed by atoms with Crippen LogP contribution in [-0.4, -0.2) is 84.2 Å². The topological polar surface area (TPSA) is 147 Å². The van der Waals surface area contributed by atoms with Gasteiger partial charge in [-0.25, -0.2) is 0 Å². The minimum Gasteiger partial charge on any atom is -0.504 e. The van der Waals surface area contributed by atoms with Gasteiger partial charge in [-0.15, -0.1) is 0 Å². The van der Waals surface area contributed by atoms with Gasteiger partial charge in [0, 0.05) is 5.56 Å². The highest BCUT2D eigenvalue weighted by molar-refractivity contribution is 5.84. The second-order valence-corrected chi connectivity index (χ2v) is 7.97. The molecule has 0 aromatic heterocycles. The van der Waals surface area contributed by atoms with Crippen LogP contribution in [0.2, 0.25) is 0 Å². The maximum atomic E-state index is 10.4. The molecule has 1 saturated heterocycles. The summed E-state index contributed by atoms with van der Waals surface area (Å²) in [6.45, 7) is -0.569. The fraction of sp³-hybridized carbons (Fsp3) is 0.478. The molecule has 33 heavy (non-hydrogen) atoms. The van der Waals surface area contributed by atoms with Gasteiger partial charge < -0.3 is 49.2 Å². The van der Waals surface area contributed by atoms with Crippen molar-refractivity contribution in [3.63, 3.8) is 0 Å². The summed E-state index contributed by atoms with van der Waals surface area (Å²) >= 11 is 0. The van der Waals surface area contributed by atoms with Crippen LogP contribution in [0, 0.1) is 0 Å². The van der Waals surface area contributed by atoms with E-state index in [4.69, 9.17) is 23.7 Å². The maximum absolute atomic E-state index is 10.4. The molecule has 180 valence electrons. The number of methoxy groups -OCH3 is 3. The molecule has 0 saturated carbocycles. The third kappa shape index (κ3) is 3.94. The van der Waals surface area contributed by atoms with Crippen LogP contribution in [0.4, 0.5) is 0 Å². The van der Waals surface area contributed by atoms with Gasteiger partial charge in [0.15, 0.2) is 23.0 Å². The predicted octanol–water partition coefficient (Wildman–Crippen LogP) is 0.362. The Balaban J connectivity index is 1.79. The van der Waals surface area contributed by atoms with Gasteiger partial charge in [0.1, 0.15) is 24.4 Å². The summed E-state index contributed by atoms with van der Waals surface area (Å²) in [6.07, 6.45) is -5.85. The Morgan fingerprint density at radius 2 is 1.55 bits per heavy atom. The smallest absolute Gasteiger partial charge is 0.229 e. The van der Waals surface area contributed by atoms with Crippen LogP contribution in [0.3, 0.4) is 0 Å². The normalized spacial score (nSPS) is 26.2. The highest BCUT2D eigenvalue weighted by atomic mass is 16.7. The minimum atomic E-state index is -1.57. The summed E-state index contributed by atoms with van der Waals surface area (Å²) in [5.74, 6) is 1.18. The van der Waals surface area contributed by atoms with Crippen LogP contribution in [0.1, 0.15) is 11.1 Å². The first-order valence-electron chi connectivity index (χ1n) is 10.5. The lowest BCUT2D eigenvalue weighted by atomic mass is 9.84. The highest BCUT2D eigenvalue weighted by Crippen LogP contribution is 2.51. The molecular weight excluding hydrogens is 436 g/mol. The fourth-order valence-electron chi connectivity index (χ4n) is 4.41. The minimum absolute atomic E-state index is 0.0493. The van der Waals surface area contributed by atoms with Crippen molar-refractivity contribution in [1.82, 2.24) is 0 Å². The third-order valence-electron chi connectivity index (χ3n) is 6.12. The Labute approximate surface area is 190 Å². The molecule has 1 aliphatic carbocycles. The molecule has 5 atom stereocenters. The lowest BCUT2D eigenvalue weighted by Crippen LogP contribution is -2.60. The van der Waals surface area contributed by atoms with E-state index in [1.54, 1.807) is 18.2 Å². The van der Waals surface area contributed by atoms with E-state index in [1.165, 1.54) is 21.3 Å². The van der Waals surface area contributed by atoms with Gasteiger partial charge in [-0.2, -0.15) is 0 Å². The van der Waals surface area contributed by atoms with E-state index in [0.29, 0.717) is 24.3 Å². The largest absolute Gasteiger partial charge is 0.504 e. The SMILES string of the molecule is COc1cc2c(cc1O)CCc1cc(O[C@@H]3O[C@H](CO)[C@@H](O)[C@H](O)[C@H]3O)c(OC)c(OC)c1-2. The van der Waals surface area contributed by atoms with E-state index in [-0.39, 0.29) is 17.2 Å². The quantitative estimate of drug-likeness (QED) is 0.406. The van der Waals surface area contributed by atoms with Crippen LogP contribution in [-0.2, 0) is 17.6 Å². The first-order valence-corrected chi connectivity index (χ1v) is 10.5. The summed E-state index contributed by atoms with van der Waals surface area (Å²) in [4.78, 5) is 0. The number of ether oxygens (including phenoxy) is 5. The molecular formula is C23H28O10. The first-order chi connectivity index (χ1) is 15.8. The number of phenols is 1. The molecule has 2 aromatic rings. The molecule has 0 spiro atoms. The summed E-state index contributed by atoms with van der Waals surface area (Å²) < 4.78 is 27.9. The highest BCUT2D eigenvalue weighted by Gasteiger charge is 2.45. The van der Waals surface area contributed by atoms with Crippen molar-refractivity contribution >= 4 is 0 Å². The number of rotatable bonds is 6. The summed E-state index contributed by atoms with van der Waals surface area (Å²) in [5.41, 5.74) is 3.37. The molecule has 2 aliphatic rings. The third-order valence-corrected chi connectivity index (χ3v) is 6.12. The predicted molar refractivity (Wildman–Crippen MR) is 115 cm³/mol. The number of aromatic hydroxyl groups is 1. The van der Waals surface area contributed by atoms with E-state index < -0.39 is 37.3 Å². The average molecular weight is 464 g/mol. The molecule has 2 aromatic carbocycles. The Morgan fingerprint density at radius 3 is 2.18 bits per heavy atom. The van der Waals surface area contributed by atoms with Crippen molar-refractivity contribution in [3.8, 4) is 39.9 Å². The van der Waals surface area contributed by atoms with Crippen molar-refractivity contribution in [2.75, 3.05) is 27.9 Å². The monoisotopic (exact) mass is 464 g/mol. The molecule has 0 unspecified atom stereocenters. The number of aryl methyl sites for hydroxylation is 2. The van der Waals surface area contributed by atoms with E-state index in [0.717, 1.165) is 22.3 Å². The molecule has 1 fully saturated rings. The number of benzene rings is 2. The molecule has 10 heteroatoms. The van der Waals surface area contributed by atoms with Crippen LogP contribution >= 0.6 is 0 Å². The van der Waals surface area contributed by atoms with Gasteiger partial charge >= 0.3 is 0 Å². The van der Waals surface area contributed by atoms with Crippen molar-refractivity contribution < 1.29 is 49.2 Å². The van der Waals surface area contributed by atoms with Gasteiger partial charge in [0.2, 0.25) is 12.0 Å². The lowest BCUT2D eigenvalue weighted by molar-refractivity contribution is -0.277. The van der Waals surface area contributed by atoms with Gasteiger partial charge in [-0.3, -0.25) is 0 Å². The van der Waals surface area contributed by atoms with Gasteiger partial charge in [-0.05, 0) is 47.7 Å². The molecule has 4 rings (SSSR count). The van der Waals surface area contributed by atoms with Crippen LogP contribution in [0.25, 0.3) is 11.1 Å². The number of fused-ring (bicyclic) bond motifs is 3. The number of aliphatic hydroxyl groups excluding tert-OH is 4. The van der Waals surface area contributed by atoms with E-state index in [2.05, 4.69) is 0 Å². The average Bonchev–Trinajstić information content (AvgIpc) is 2.82. The number of hydrogen-bond donors (Lipinski definition) is 5. The molecule has 1 aliphatic heterocycles. The summed E-state index contributed by atoms with van der Waals surface area (Å²) in [6, 6.07) is 5.14. The zero-order valence-corrected chi connectivity index (χ0v) is 18.5. The van der Waals surface area contributed by atoms with Crippen molar-refractivity contribution in [1.29, 1.82) is 0 Å². The Morgan fingerprint density at radius 1 is 0.848 bits per heavy atom. The summed E-state index contributed by atoms with van der Waals surface area (Å²) in [5, 5.41) is 50.1. The van der Waals surface area contributed by atoms with Gasteiger partial charge in [0.25, 0.3) is 0 Å². The Kier molecular flexibility index (Phi) is 6.55. The van der Waals surface area contributed by atoms with Crippen molar-refractivity contribution in [2.45, 2.75) is 43.5 Å². The number of hydrogen-bond acceptors (Lipinski definition) is 10. The Hall–Kier alpha value is -2.76. The molecule has 1 heterocycles. The molecule has 5 N–H and O–H groups in total. The maximum Gasteiger partial charge on any atom is 0.229 e. The zero-order valence-electron chi connectivity index (χ0n) is 18.5. The fourth-order valence-corrected chi connectivity index (χ4v) is 4.41. The van der Waals surface area contributed by atoms with Crippen LogP contribution in [0.5, 0.6) is 28.7 Å². The van der Waals surface area contributed by atoms with Crippen molar-refractivity contribution in [2.24, 2.45) is 0 Å². The number of aliphatic hydroxyl groups is 4. The second kappa shape index (κ2) is 9.24. The lowest BCUT2D eigenvalue weighted by Gasteiger charge is -2.39. The zero-order chi connectivity index (χ0) is 23.9. The van der Waals surface area contributed by atoms with E-state index in [9.17, 15) is 25.5 Å². The standard InChI is InChI=1S/C23H28O10/c1-29-14-8-12-10(6-13(14)25)4-5-11-7-15(21(30-2)22(31-3)17(11)12)32-23-20(28)19(27)18(26)16(9-24)33-23/h6-8,16,18-20,23-28H,4-5,9H2,1-3H3/t16-,18-,19+,20-,23-/m1/s1. The molecule has 0 amide bonds.